The van der Waals surface area contributed by atoms with Crippen molar-refractivity contribution in [1.29, 1.82) is 0 Å². The van der Waals surface area contributed by atoms with Crippen molar-refractivity contribution in [3.05, 3.63) is 102 Å². The van der Waals surface area contributed by atoms with E-state index in [-0.39, 0.29) is 37.8 Å². The number of rotatable bonds is 9. The van der Waals surface area contributed by atoms with Gasteiger partial charge in [-0.2, -0.15) is 0 Å². The smallest absolute Gasteiger partial charge is 0.408 e. The predicted octanol–water partition coefficient (Wildman–Crippen LogP) is 6.97. The number of alkyl carbamates (subject to hydrolysis) is 1. The first-order valence-electron chi connectivity index (χ1n) is 23.7. The molecule has 5 aromatic heterocycles. The van der Waals surface area contributed by atoms with Crippen LogP contribution in [0.15, 0.2) is 95.2 Å². The third-order valence-corrected chi connectivity index (χ3v) is 18.5. The first kappa shape index (κ1) is 47.2. The zero-order valence-electron chi connectivity index (χ0n) is 39.9. The maximum atomic E-state index is 13.3. The van der Waals surface area contributed by atoms with Gasteiger partial charge in [-0.25, -0.2) is 44.5 Å². The predicted molar refractivity (Wildman–Crippen MR) is 262 cm³/mol. The van der Waals surface area contributed by atoms with Crippen LogP contribution in [-0.4, -0.2) is 83.0 Å². The number of amides is 2. The molecule has 6 aliphatic rings. The quantitative estimate of drug-likeness (QED) is 0.107. The maximum Gasteiger partial charge on any atom is 0.408 e. The van der Waals surface area contributed by atoms with E-state index in [1.807, 2.05) is 39.0 Å². The van der Waals surface area contributed by atoms with E-state index in [1.165, 1.54) is 16.4 Å². The van der Waals surface area contributed by atoms with Gasteiger partial charge in [-0.15, -0.1) is 10.2 Å². The molecule has 13 rings (SSSR count). The van der Waals surface area contributed by atoms with Crippen LogP contribution in [0.2, 0.25) is 0 Å². The summed E-state index contributed by atoms with van der Waals surface area (Å²) in [6.07, 6.45) is 15.5. The van der Waals surface area contributed by atoms with E-state index in [2.05, 4.69) is 41.3 Å². The summed E-state index contributed by atoms with van der Waals surface area (Å²) in [5, 5.41) is 12.0. The second-order valence-corrected chi connectivity index (χ2v) is 24.5. The lowest BCUT2D eigenvalue weighted by molar-refractivity contribution is -0.137. The van der Waals surface area contributed by atoms with Crippen LogP contribution in [0.25, 0.3) is 28.0 Å². The van der Waals surface area contributed by atoms with Crippen LogP contribution >= 0.6 is 0 Å². The molecule has 70 heavy (non-hydrogen) atoms. The number of fused-ring (bicyclic) bond motifs is 10. The number of hydrogen-bond acceptors (Lipinski definition) is 14. The van der Waals surface area contributed by atoms with Gasteiger partial charge in [0.1, 0.15) is 16.9 Å². The van der Waals surface area contributed by atoms with E-state index in [9.17, 15) is 26.4 Å². The Morgan fingerprint density at radius 1 is 0.686 bits per heavy atom. The Hall–Kier alpha value is -6.45. The monoisotopic (exact) mass is 990 g/mol. The number of hydrogen-bond donors (Lipinski definition) is 4. The Kier molecular flexibility index (Phi) is 11.4. The van der Waals surface area contributed by atoms with Crippen molar-refractivity contribution in [1.82, 2.24) is 48.2 Å². The van der Waals surface area contributed by atoms with Gasteiger partial charge in [-0.3, -0.25) is 20.0 Å². The molecule has 0 aliphatic heterocycles. The fourth-order valence-electron chi connectivity index (χ4n) is 10.8. The van der Waals surface area contributed by atoms with Crippen molar-refractivity contribution < 1.29 is 31.2 Å². The molecule has 5 heterocycles. The molecule has 7 aromatic rings. The summed E-state index contributed by atoms with van der Waals surface area (Å²) in [4.78, 5) is 39.1. The minimum absolute atomic E-state index is 0.0371. The molecule has 0 atom stereocenters. The van der Waals surface area contributed by atoms with Crippen molar-refractivity contribution in [3.63, 3.8) is 0 Å². The standard InChI is InChI=1S/C27H34N6O5S.C22H24N6O2S/c1-18-5-7-19(8-6-18)39(36,37)33-16-9-20-22(33)28-17-21(29-20)31-32-23(34)26-10-13-27(14-11-26,15-12-26)30-24(35)38-25(2,3)4;1-15-2-4-16(5-3-15)31(29,30)27-13-6-17-19(27)24-14-18-25-26-20(28(17)18)21-7-10-22(23,11-8-21)12-9-21/h5-9,16-17H,10-15H2,1-4H3,(H,29,31)(H,30,35)(H,32,34);2-6,13-14H,7-12,23H2,1H3. The Morgan fingerprint density at radius 3 is 1.80 bits per heavy atom. The summed E-state index contributed by atoms with van der Waals surface area (Å²) < 4.78 is 62.6. The highest BCUT2D eigenvalue weighted by molar-refractivity contribution is 7.90. The van der Waals surface area contributed by atoms with Crippen LogP contribution in [0.1, 0.15) is 115 Å². The van der Waals surface area contributed by atoms with Crippen LogP contribution in [0, 0.1) is 19.3 Å². The molecular weight excluding hydrogens is 933 g/mol. The lowest BCUT2D eigenvalue weighted by Gasteiger charge is -2.52. The molecule has 6 saturated carbocycles. The minimum atomic E-state index is -3.83. The molecule has 19 nitrogen and oxygen atoms in total. The second-order valence-electron chi connectivity index (χ2n) is 20.9. The number of nitrogens with two attached hydrogens (primary N) is 1. The van der Waals surface area contributed by atoms with Crippen molar-refractivity contribution in [2.24, 2.45) is 11.1 Å². The molecule has 0 radical (unpaired) electrons. The van der Waals surface area contributed by atoms with Crippen molar-refractivity contribution in [3.8, 4) is 0 Å². The molecule has 0 saturated heterocycles. The molecule has 4 bridgehead atoms. The molecule has 2 amide bonds. The number of benzene rings is 2. The van der Waals surface area contributed by atoms with Gasteiger partial charge in [0.25, 0.3) is 20.0 Å². The zero-order chi connectivity index (χ0) is 49.5. The average Bonchev–Trinajstić information content (AvgIpc) is 4.09. The molecule has 21 heteroatoms. The first-order valence-corrected chi connectivity index (χ1v) is 26.6. The van der Waals surface area contributed by atoms with E-state index in [0.717, 1.165) is 59.4 Å². The van der Waals surface area contributed by atoms with E-state index in [4.69, 9.17) is 10.5 Å². The summed E-state index contributed by atoms with van der Waals surface area (Å²) in [6.45, 7) is 9.31. The van der Waals surface area contributed by atoms with Gasteiger partial charge in [-0.1, -0.05) is 35.4 Å². The zero-order valence-corrected chi connectivity index (χ0v) is 41.5. The molecule has 0 spiro atoms. The van der Waals surface area contributed by atoms with Crippen LogP contribution in [0.4, 0.5) is 10.6 Å². The fraction of sp³-hybridized carbons (Fsp3) is 0.449. The SMILES string of the molecule is Cc1ccc(S(=O)(=O)n2ccc3c2ncc2nnc(C45CCC(N)(CC4)CC5)n23)cc1.Cc1ccc(S(=O)(=O)n2ccc3nc(NNC(=O)C45CCC(NC(=O)OC(C)(C)C)(CC4)CC5)cnc32)cc1. The number of ether oxygens (including phenoxy) is 1. The number of nitrogens with zero attached hydrogens (tertiary/aromatic N) is 8. The normalized spacial score (nSPS) is 24.3. The summed E-state index contributed by atoms with van der Waals surface area (Å²) >= 11 is 0. The van der Waals surface area contributed by atoms with Crippen LogP contribution < -0.4 is 21.9 Å². The minimum Gasteiger partial charge on any atom is -0.444 e. The highest BCUT2D eigenvalue weighted by Gasteiger charge is 2.53. The Balaban J connectivity index is 0.000000166. The lowest BCUT2D eigenvalue weighted by Crippen LogP contribution is -2.60. The highest BCUT2D eigenvalue weighted by Crippen LogP contribution is 2.53. The molecule has 5 N–H and O–H groups in total. The molecule has 2 aromatic carbocycles. The van der Waals surface area contributed by atoms with E-state index in [0.29, 0.717) is 66.7 Å². The Labute approximate surface area is 406 Å². The molecule has 6 aliphatic carbocycles. The number of carbonyl (C=O) groups excluding carboxylic acids is 2. The van der Waals surface area contributed by atoms with Gasteiger partial charge in [0.15, 0.2) is 22.8 Å². The molecular formula is C49H58N12O7S2. The Morgan fingerprint density at radius 2 is 1.23 bits per heavy atom. The van der Waals surface area contributed by atoms with Crippen LogP contribution in [-0.2, 0) is 35.0 Å². The lowest BCUT2D eigenvalue weighted by atomic mass is 9.57. The van der Waals surface area contributed by atoms with Gasteiger partial charge >= 0.3 is 6.09 Å². The molecule has 368 valence electrons. The molecule has 6 fully saturated rings. The van der Waals surface area contributed by atoms with Crippen LogP contribution in [0.5, 0.6) is 0 Å². The second kappa shape index (κ2) is 16.9. The number of aryl methyl sites for hydroxylation is 2. The van der Waals surface area contributed by atoms with Gasteiger partial charge in [-0.05, 0) is 148 Å². The number of aromatic nitrogens is 8. The van der Waals surface area contributed by atoms with Gasteiger partial charge < -0.3 is 15.8 Å². The van der Waals surface area contributed by atoms with Gasteiger partial charge in [0.2, 0.25) is 5.91 Å². The Bertz CT molecular complexity index is 3360. The maximum absolute atomic E-state index is 13.3. The summed E-state index contributed by atoms with van der Waals surface area (Å²) in [7, 11) is -7.60. The van der Waals surface area contributed by atoms with E-state index in [1.54, 1.807) is 73.1 Å². The van der Waals surface area contributed by atoms with Crippen molar-refractivity contribution >= 4 is 65.8 Å². The first-order chi connectivity index (χ1) is 33.1. The van der Waals surface area contributed by atoms with E-state index >= 15 is 0 Å². The summed E-state index contributed by atoms with van der Waals surface area (Å²) in [5.74, 6) is 1.07. The number of nitrogens with one attached hydrogen (secondary N) is 3. The summed E-state index contributed by atoms with van der Waals surface area (Å²) in [6, 6.07) is 16.8. The number of anilines is 1. The molecule has 0 unspecified atom stereocenters. The van der Waals surface area contributed by atoms with Gasteiger partial charge in [0.05, 0.1) is 33.1 Å². The van der Waals surface area contributed by atoms with Crippen molar-refractivity contribution in [2.45, 2.75) is 144 Å². The van der Waals surface area contributed by atoms with Crippen LogP contribution in [0.3, 0.4) is 0 Å². The van der Waals surface area contributed by atoms with Crippen molar-refractivity contribution in [2.75, 3.05) is 5.43 Å². The van der Waals surface area contributed by atoms with E-state index < -0.39 is 37.2 Å². The third kappa shape index (κ3) is 8.44. The number of hydrazine groups is 1. The topological polar surface area (TPSA) is 252 Å². The average molecular weight is 991 g/mol. The van der Waals surface area contributed by atoms with Gasteiger partial charge in [0, 0.05) is 28.9 Å². The fourth-order valence-corrected chi connectivity index (χ4v) is 13.4. The summed E-state index contributed by atoms with van der Waals surface area (Å²) in [5.41, 5.74) is 14.9. The third-order valence-electron chi connectivity index (χ3n) is 15.1. The largest absolute Gasteiger partial charge is 0.444 e. The highest BCUT2D eigenvalue weighted by atomic mass is 32.2. The number of carbonyl (C=O) groups is 2.